The van der Waals surface area contributed by atoms with E-state index in [4.69, 9.17) is 26.8 Å². The molecule has 0 unspecified atom stereocenters. The van der Waals surface area contributed by atoms with Crippen molar-refractivity contribution in [2.24, 2.45) is 12.5 Å². The molecule has 1 aliphatic rings. The molecule has 158 valence electrons. The number of benzene rings is 2. The largest absolute Gasteiger partial charge is 0.485 e. The van der Waals surface area contributed by atoms with Crippen molar-refractivity contribution in [3.05, 3.63) is 70.8 Å². The summed E-state index contributed by atoms with van der Waals surface area (Å²) in [4.78, 5) is 0. The number of fused-ring (bicyclic) bond motifs is 1. The predicted molar refractivity (Wildman–Crippen MR) is 119 cm³/mol. The van der Waals surface area contributed by atoms with Gasteiger partial charge < -0.3 is 14.0 Å². The van der Waals surface area contributed by atoms with Gasteiger partial charge in [0.2, 0.25) is 0 Å². The predicted octanol–water partition coefficient (Wildman–Crippen LogP) is 4.80. The van der Waals surface area contributed by atoms with Crippen molar-refractivity contribution in [2.45, 2.75) is 39.6 Å². The fourth-order valence-corrected chi connectivity index (χ4v) is 3.98. The molecule has 1 aliphatic heterocycles. The zero-order chi connectivity index (χ0) is 21.3. The third kappa shape index (κ3) is 4.13. The minimum atomic E-state index is -0.305. The highest BCUT2D eigenvalue weighted by Gasteiger charge is 2.29. The molecule has 1 aromatic heterocycles. The Balaban J connectivity index is 1.54. The lowest BCUT2D eigenvalue weighted by Crippen LogP contribution is -2.34. The van der Waals surface area contributed by atoms with E-state index in [0.717, 1.165) is 17.3 Å². The van der Waals surface area contributed by atoms with Gasteiger partial charge in [-0.1, -0.05) is 63.2 Å². The number of hydrogen-bond acceptors (Lipinski definition) is 5. The van der Waals surface area contributed by atoms with E-state index in [1.165, 1.54) is 5.56 Å². The average Bonchev–Trinajstić information content (AvgIpc) is 3.02. The van der Waals surface area contributed by atoms with Gasteiger partial charge in [-0.25, -0.2) is 4.68 Å². The van der Waals surface area contributed by atoms with Crippen molar-refractivity contribution < 1.29 is 9.47 Å². The summed E-state index contributed by atoms with van der Waals surface area (Å²) in [6.07, 6.45) is -0.305. The SMILES string of the molecule is Cn1c([C@H]2COc3ccccc3O2)nn(CN[C@@H](c2ccccc2)C(C)(C)C)c1=S. The molecule has 3 aromatic rings. The Morgan fingerprint density at radius 2 is 1.77 bits per heavy atom. The standard InChI is InChI=1S/C23H28N4O2S/c1-23(2,3)20(16-10-6-5-7-11-16)24-15-27-22(30)26(4)21(25-27)19-14-28-17-12-8-9-13-18(17)29-19/h5-13,19-20,24H,14-15H2,1-4H3/t19-,20+/m1/s1. The molecule has 2 aromatic carbocycles. The summed E-state index contributed by atoms with van der Waals surface area (Å²) in [5.41, 5.74) is 1.28. The first-order valence-corrected chi connectivity index (χ1v) is 10.6. The Labute approximate surface area is 182 Å². The Hall–Kier alpha value is -2.64. The highest BCUT2D eigenvalue weighted by molar-refractivity contribution is 7.71. The second-order valence-electron chi connectivity index (χ2n) is 8.64. The molecule has 30 heavy (non-hydrogen) atoms. The van der Waals surface area contributed by atoms with Crippen molar-refractivity contribution in [1.29, 1.82) is 0 Å². The summed E-state index contributed by atoms with van der Waals surface area (Å²) in [7, 11) is 1.92. The normalized spacial score (nSPS) is 17.0. The third-order valence-corrected chi connectivity index (χ3v) is 5.80. The molecular formula is C23H28N4O2S. The quantitative estimate of drug-likeness (QED) is 0.597. The molecular weight excluding hydrogens is 396 g/mol. The van der Waals surface area contributed by atoms with E-state index < -0.39 is 0 Å². The first-order chi connectivity index (χ1) is 14.3. The van der Waals surface area contributed by atoms with Crippen molar-refractivity contribution >= 4 is 12.2 Å². The molecule has 6 nitrogen and oxygen atoms in total. The number of aromatic nitrogens is 3. The van der Waals surface area contributed by atoms with Gasteiger partial charge in [-0.3, -0.25) is 5.32 Å². The van der Waals surface area contributed by atoms with Gasteiger partial charge in [-0.2, -0.15) is 5.10 Å². The van der Waals surface area contributed by atoms with Crippen LogP contribution in [-0.2, 0) is 13.7 Å². The summed E-state index contributed by atoms with van der Waals surface area (Å²) >= 11 is 5.65. The van der Waals surface area contributed by atoms with E-state index in [2.05, 4.69) is 50.4 Å². The maximum absolute atomic E-state index is 6.13. The molecule has 0 spiro atoms. The molecule has 0 fully saturated rings. The van der Waals surface area contributed by atoms with Gasteiger partial charge in [0.1, 0.15) is 6.61 Å². The van der Waals surface area contributed by atoms with Gasteiger partial charge in [0.25, 0.3) is 0 Å². The maximum atomic E-state index is 6.13. The van der Waals surface area contributed by atoms with Crippen LogP contribution in [0.15, 0.2) is 54.6 Å². The number of hydrogen-bond donors (Lipinski definition) is 1. The summed E-state index contributed by atoms with van der Waals surface area (Å²) in [5.74, 6) is 2.24. The van der Waals surface area contributed by atoms with E-state index >= 15 is 0 Å². The number of ether oxygens (including phenoxy) is 2. The van der Waals surface area contributed by atoms with Crippen LogP contribution >= 0.6 is 12.2 Å². The van der Waals surface area contributed by atoms with Gasteiger partial charge in [0.05, 0.1) is 6.67 Å². The van der Waals surface area contributed by atoms with Crippen LogP contribution in [0.2, 0.25) is 0 Å². The van der Waals surface area contributed by atoms with Crippen molar-refractivity contribution in [2.75, 3.05) is 6.61 Å². The minimum Gasteiger partial charge on any atom is -0.485 e. The molecule has 0 bridgehead atoms. The van der Waals surface area contributed by atoms with Crippen molar-refractivity contribution in [3.63, 3.8) is 0 Å². The molecule has 1 N–H and O–H groups in total. The Kier molecular flexibility index (Phi) is 5.66. The van der Waals surface area contributed by atoms with Gasteiger partial charge in [-0.05, 0) is 35.3 Å². The average molecular weight is 425 g/mol. The lowest BCUT2D eigenvalue weighted by Gasteiger charge is -2.32. The summed E-state index contributed by atoms with van der Waals surface area (Å²) in [6.45, 7) is 7.59. The van der Waals surface area contributed by atoms with Crippen LogP contribution in [0.3, 0.4) is 0 Å². The molecule has 2 atom stereocenters. The van der Waals surface area contributed by atoms with Crippen LogP contribution in [0.1, 0.15) is 44.3 Å². The fourth-order valence-electron chi connectivity index (χ4n) is 3.78. The lowest BCUT2D eigenvalue weighted by atomic mass is 9.82. The van der Waals surface area contributed by atoms with Gasteiger partial charge in [-0.15, -0.1) is 0 Å². The number of nitrogens with zero attached hydrogens (tertiary/aromatic N) is 3. The minimum absolute atomic E-state index is 0.0329. The molecule has 2 heterocycles. The van der Waals surface area contributed by atoms with Crippen LogP contribution in [0.5, 0.6) is 11.5 Å². The number of nitrogens with one attached hydrogen (secondary N) is 1. The first kappa shape index (κ1) is 20.6. The fraction of sp³-hybridized carbons (Fsp3) is 0.391. The highest BCUT2D eigenvalue weighted by Crippen LogP contribution is 2.35. The maximum Gasteiger partial charge on any atom is 0.198 e. The Bertz CT molecular complexity index is 1070. The molecule has 0 saturated carbocycles. The van der Waals surface area contributed by atoms with Crippen molar-refractivity contribution in [1.82, 2.24) is 19.7 Å². The topological polar surface area (TPSA) is 53.2 Å². The molecule has 0 aliphatic carbocycles. The van der Waals surface area contributed by atoms with Crippen LogP contribution in [-0.4, -0.2) is 21.0 Å². The second kappa shape index (κ2) is 8.24. The summed E-state index contributed by atoms with van der Waals surface area (Å²) in [5, 5.41) is 8.40. The van der Waals surface area contributed by atoms with E-state index in [0.29, 0.717) is 18.0 Å². The Morgan fingerprint density at radius 3 is 2.47 bits per heavy atom. The summed E-state index contributed by atoms with van der Waals surface area (Å²) in [6, 6.07) is 18.3. The van der Waals surface area contributed by atoms with Crippen LogP contribution in [0, 0.1) is 10.2 Å². The van der Waals surface area contributed by atoms with E-state index in [-0.39, 0.29) is 17.6 Å². The molecule has 0 radical (unpaired) electrons. The summed E-state index contributed by atoms with van der Waals surface area (Å²) < 4.78 is 16.3. The van der Waals surface area contributed by atoms with Gasteiger partial charge in [0, 0.05) is 13.1 Å². The Morgan fingerprint density at radius 1 is 1.10 bits per heavy atom. The zero-order valence-electron chi connectivity index (χ0n) is 17.8. The van der Waals surface area contributed by atoms with E-state index in [1.54, 1.807) is 0 Å². The number of rotatable bonds is 5. The molecule has 4 rings (SSSR count). The van der Waals surface area contributed by atoms with Crippen LogP contribution < -0.4 is 14.8 Å². The second-order valence-corrected chi connectivity index (χ2v) is 9.00. The molecule has 7 heteroatoms. The highest BCUT2D eigenvalue weighted by atomic mass is 32.1. The van der Waals surface area contributed by atoms with Gasteiger partial charge >= 0.3 is 0 Å². The lowest BCUT2D eigenvalue weighted by molar-refractivity contribution is 0.0824. The van der Waals surface area contributed by atoms with Crippen LogP contribution in [0.4, 0.5) is 0 Å². The molecule has 0 amide bonds. The monoisotopic (exact) mass is 424 g/mol. The van der Waals surface area contributed by atoms with E-state index in [1.807, 2.05) is 46.6 Å². The smallest absolute Gasteiger partial charge is 0.198 e. The van der Waals surface area contributed by atoms with E-state index in [9.17, 15) is 0 Å². The van der Waals surface area contributed by atoms with Crippen LogP contribution in [0.25, 0.3) is 0 Å². The first-order valence-electron chi connectivity index (χ1n) is 10.1. The number of para-hydroxylation sites is 2. The zero-order valence-corrected chi connectivity index (χ0v) is 18.6. The molecule has 0 saturated heterocycles. The van der Waals surface area contributed by atoms with Crippen molar-refractivity contribution in [3.8, 4) is 11.5 Å². The third-order valence-electron chi connectivity index (χ3n) is 5.32. The van der Waals surface area contributed by atoms with Gasteiger partial charge in [0.15, 0.2) is 28.2 Å².